The average Bonchev–Trinajstić information content (AvgIpc) is 3.12. The van der Waals surface area contributed by atoms with Gasteiger partial charge in [-0.3, -0.25) is 14.8 Å². The Morgan fingerprint density at radius 1 is 1.14 bits per heavy atom. The lowest BCUT2D eigenvalue weighted by Crippen LogP contribution is -2.10. The van der Waals surface area contributed by atoms with Crippen LogP contribution in [0.5, 0.6) is 0 Å². The minimum absolute atomic E-state index is 0.0375. The van der Waals surface area contributed by atoms with Crippen LogP contribution in [0.2, 0.25) is 0 Å². The van der Waals surface area contributed by atoms with Gasteiger partial charge >= 0.3 is 0 Å². The molecule has 1 aliphatic rings. The highest BCUT2D eigenvalue weighted by atomic mass is 19.1. The number of halogens is 1. The van der Waals surface area contributed by atoms with Crippen LogP contribution in [0.1, 0.15) is 47.2 Å². The molecular weight excluding hydrogens is 355 g/mol. The van der Waals surface area contributed by atoms with Crippen molar-refractivity contribution in [1.29, 1.82) is 0 Å². The largest absolute Gasteiger partial charge is 0.299 e. The molecule has 0 saturated carbocycles. The van der Waals surface area contributed by atoms with Gasteiger partial charge in [-0.15, -0.1) is 0 Å². The highest BCUT2D eigenvalue weighted by Crippen LogP contribution is 2.24. The van der Waals surface area contributed by atoms with Gasteiger partial charge in [-0.1, -0.05) is 19.1 Å². The SMILES string of the molecule is C[C@@H](CC(=O)Cc1cc2c(cn1)C(c1cncnc1)=NC2)c1ccc(F)cc1. The van der Waals surface area contributed by atoms with Crippen molar-refractivity contribution < 1.29 is 9.18 Å². The van der Waals surface area contributed by atoms with E-state index in [0.717, 1.165) is 33.7 Å². The molecular formula is C22H19FN4O. The zero-order valence-corrected chi connectivity index (χ0v) is 15.5. The van der Waals surface area contributed by atoms with E-state index in [1.807, 2.05) is 13.0 Å². The molecule has 1 atom stereocenters. The number of hydrogen-bond donors (Lipinski definition) is 0. The monoisotopic (exact) mass is 374 g/mol. The first-order valence-electron chi connectivity index (χ1n) is 9.15. The molecule has 0 bridgehead atoms. The summed E-state index contributed by atoms with van der Waals surface area (Å²) >= 11 is 0. The van der Waals surface area contributed by atoms with Crippen LogP contribution >= 0.6 is 0 Å². The standard InChI is InChI=1S/C22H19FN4O/c1-14(15-2-4-18(23)5-3-15)6-20(28)8-19-7-16-11-27-22(21(16)12-26-19)17-9-24-13-25-10-17/h2-5,7,9-10,12-14H,6,8,11H2,1H3/t14-/m0/s1. The molecule has 0 fully saturated rings. The van der Waals surface area contributed by atoms with Gasteiger partial charge in [0.15, 0.2) is 0 Å². The van der Waals surface area contributed by atoms with E-state index in [2.05, 4.69) is 19.9 Å². The smallest absolute Gasteiger partial charge is 0.139 e. The van der Waals surface area contributed by atoms with Crippen LogP contribution in [0.25, 0.3) is 0 Å². The van der Waals surface area contributed by atoms with Gasteiger partial charge in [-0.05, 0) is 35.2 Å². The quantitative estimate of drug-likeness (QED) is 0.660. The van der Waals surface area contributed by atoms with Crippen molar-refractivity contribution in [2.75, 3.05) is 0 Å². The summed E-state index contributed by atoms with van der Waals surface area (Å²) in [4.78, 5) is 29.6. The third kappa shape index (κ3) is 3.86. The Morgan fingerprint density at radius 3 is 2.64 bits per heavy atom. The van der Waals surface area contributed by atoms with Crippen molar-refractivity contribution in [3.63, 3.8) is 0 Å². The first-order valence-corrected chi connectivity index (χ1v) is 9.15. The highest BCUT2D eigenvalue weighted by Gasteiger charge is 2.20. The van der Waals surface area contributed by atoms with Gasteiger partial charge < -0.3 is 0 Å². The molecule has 5 nitrogen and oxygen atoms in total. The summed E-state index contributed by atoms with van der Waals surface area (Å²) in [5.74, 6) is -0.122. The molecule has 1 aliphatic heterocycles. The second-order valence-electron chi connectivity index (χ2n) is 7.00. The van der Waals surface area contributed by atoms with Gasteiger partial charge in [-0.25, -0.2) is 14.4 Å². The molecule has 4 rings (SSSR count). The van der Waals surface area contributed by atoms with E-state index >= 15 is 0 Å². The van der Waals surface area contributed by atoms with Crippen LogP contribution in [-0.2, 0) is 17.8 Å². The van der Waals surface area contributed by atoms with Crippen molar-refractivity contribution in [3.05, 3.63) is 89.0 Å². The van der Waals surface area contributed by atoms with E-state index in [1.54, 1.807) is 30.7 Å². The summed E-state index contributed by atoms with van der Waals surface area (Å²) < 4.78 is 13.1. The van der Waals surface area contributed by atoms with E-state index in [9.17, 15) is 9.18 Å². The number of fused-ring (bicyclic) bond motifs is 1. The lowest BCUT2D eigenvalue weighted by molar-refractivity contribution is -0.118. The number of carbonyl (C=O) groups is 1. The van der Waals surface area contributed by atoms with Crippen molar-refractivity contribution in [2.45, 2.75) is 32.2 Å². The lowest BCUT2D eigenvalue weighted by Gasteiger charge is -2.11. The third-order valence-corrected chi connectivity index (χ3v) is 4.89. The number of aromatic nitrogens is 3. The maximum absolute atomic E-state index is 13.1. The van der Waals surface area contributed by atoms with E-state index in [4.69, 9.17) is 0 Å². The topological polar surface area (TPSA) is 68.1 Å². The Hall–Kier alpha value is -3.28. The molecule has 1 aromatic carbocycles. The molecule has 2 aromatic heterocycles. The van der Waals surface area contributed by atoms with Gasteiger partial charge in [0.2, 0.25) is 0 Å². The summed E-state index contributed by atoms with van der Waals surface area (Å²) in [6.07, 6.45) is 7.40. The molecule has 0 unspecified atom stereocenters. The molecule has 0 amide bonds. The second-order valence-corrected chi connectivity index (χ2v) is 7.00. The number of Topliss-reactive ketones (excluding diaryl/α,β-unsaturated/α-hetero) is 1. The maximum Gasteiger partial charge on any atom is 0.139 e. The fourth-order valence-electron chi connectivity index (χ4n) is 3.43. The molecule has 6 heteroatoms. The number of pyridine rings is 1. The van der Waals surface area contributed by atoms with Gasteiger partial charge in [0.25, 0.3) is 0 Å². The van der Waals surface area contributed by atoms with Gasteiger partial charge in [0.05, 0.1) is 12.3 Å². The molecule has 140 valence electrons. The summed E-state index contributed by atoms with van der Waals surface area (Å²) in [5, 5.41) is 0. The molecule has 28 heavy (non-hydrogen) atoms. The Bertz CT molecular complexity index is 1030. The third-order valence-electron chi connectivity index (χ3n) is 4.89. The summed E-state index contributed by atoms with van der Waals surface area (Å²) in [7, 11) is 0. The zero-order valence-electron chi connectivity index (χ0n) is 15.5. The molecule has 0 N–H and O–H groups in total. The van der Waals surface area contributed by atoms with E-state index in [1.165, 1.54) is 18.5 Å². The molecule has 0 aliphatic carbocycles. The predicted octanol–water partition coefficient (Wildman–Crippen LogP) is 3.67. The number of ketones is 1. The molecule has 3 heterocycles. The molecule has 0 radical (unpaired) electrons. The van der Waals surface area contributed by atoms with E-state index in [-0.39, 0.29) is 23.9 Å². The van der Waals surface area contributed by atoms with Crippen LogP contribution < -0.4 is 0 Å². The Morgan fingerprint density at radius 2 is 1.89 bits per heavy atom. The van der Waals surface area contributed by atoms with Gasteiger partial charge in [0.1, 0.15) is 17.9 Å². The number of nitrogens with zero attached hydrogens (tertiary/aromatic N) is 4. The number of rotatable bonds is 6. The minimum Gasteiger partial charge on any atom is -0.299 e. The highest BCUT2D eigenvalue weighted by molar-refractivity contribution is 6.14. The van der Waals surface area contributed by atoms with Crippen LogP contribution in [0, 0.1) is 5.82 Å². The number of aliphatic imine (C=N–C) groups is 1. The number of hydrogen-bond acceptors (Lipinski definition) is 5. The first kappa shape index (κ1) is 18.1. The minimum atomic E-state index is -0.270. The van der Waals surface area contributed by atoms with Crippen LogP contribution in [-0.4, -0.2) is 26.4 Å². The van der Waals surface area contributed by atoms with Crippen molar-refractivity contribution >= 4 is 11.5 Å². The van der Waals surface area contributed by atoms with Crippen molar-refractivity contribution in [1.82, 2.24) is 15.0 Å². The molecule has 0 spiro atoms. The van der Waals surface area contributed by atoms with Crippen LogP contribution in [0.3, 0.4) is 0 Å². The first-order chi connectivity index (χ1) is 13.6. The summed E-state index contributed by atoms with van der Waals surface area (Å²) in [6.45, 7) is 2.54. The fraction of sp³-hybridized carbons (Fsp3) is 0.227. The normalized spacial score (nSPS) is 13.7. The molecule has 0 saturated heterocycles. The lowest BCUT2D eigenvalue weighted by atomic mass is 9.94. The Labute approximate surface area is 162 Å². The Kier molecular flexibility index (Phi) is 5.02. The number of carbonyl (C=O) groups excluding carboxylic acids is 1. The zero-order chi connectivity index (χ0) is 19.5. The summed E-state index contributed by atoms with van der Waals surface area (Å²) in [6, 6.07) is 8.26. The predicted molar refractivity (Wildman–Crippen MR) is 104 cm³/mol. The van der Waals surface area contributed by atoms with Gasteiger partial charge in [0, 0.05) is 48.3 Å². The number of benzene rings is 1. The Balaban J connectivity index is 1.42. The van der Waals surface area contributed by atoms with E-state index in [0.29, 0.717) is 13.0 Å². The van der Waals surface area contributed by atoms with Crippen molar-refractivity contribution in [2.24, 2.45) is 4.99 Å². The van der Waals surface area contributed by atoms with Crippen LogP contribution in [0.4, 0.5) is 4.39 Å². The van der Waals surface area contributed by atoms with Crippen molar-refractivity contribution in [3.8, 4) is 0 Å². The summed E-state index contributed by atoms with van der Waals surface area (Å²) in [5.41, 5.74) is 5.43. The van der Waals surface area contributed by atoms with Gasteiger partial charge in [-0.2, -0.15) is 0 Å². The van der Waals surface area contributed by atoms with Crippen LogP contribution in [0.15, 0.2) is 60.2 Å². The maximum atomic E-state index is 13.1. The van der Waals surface area contributed by atoms with E-state index < -0.39 is 0 Å². The average molecular weight is 374 g/mol. The second kappa shape index (κ2) is 7.76. The molecule has 3 aromatic rings. The fourth-order valence-corrected chi connectivity index (χ4v) is 3.43.